The quantitative estimate of drug-likeness (QED) is 0.0800. The van der Waals surface area contributed by atoms with Crippen molar-refractivity contribution in [3.63, 3.8) is 0 Å². The Balaban J connectivity index is -0.000000564. The fourth-order valence-corrected chi connectivity index (χ4v) is 4.75. The summed E-state index contributed by atoms with van der Waals surface area (Å²) in [5.74, 6) is 0. The minimum absolute atomic E-state index is 0.373. The molecule has 0 fully saturated rings. The predicted molar refractivity (Wildman–Crippen MR) is 169 cm³/mol. The van der Waals surface area contributed by atoms with E-state index in [2.05, 4.69) is 27.4 Å². The SMILES string of the molecule is C=C[O].CCCCCCCCCCCCCCCCC.CCCCCCCCCCCCCCCCO. The maximum absolute atomic E-state index is 8.69. The number of hydrogen-bond donors (Lipinski definition) is 1. The lowest BCUT2D eigenvalue weighted by atomic mass is 10.0. The van der Waals surface area contributed by atoms with Crippen molar-refractivity contribution in [2.45, 2.75) is 207 Å². The van der Waals surface area contributed by atoms with Crippen molar-refractivity contribution in [2.24, 2.45) is 0 Å². The molecule has 2 heteroatoms. The molecule has 0 aliphatic heterocycles. The van der Waals surface area contributed by atoms with E-state index in [1.165, 1.54) is 180 Å². The first kappa shape index (κ1) is 41.0. The highest BCUT2D eigenvalue weighted by molar-refractivity contribution is 4.50. The Labute approximate surface area is 236 Å². The molecule has 0 bridgehead atoms. The van der Waals surface area contributed by atoms with Gasteiger partial charge in [-0.3, -0.25) is 5.11 Å². The van der Waals surface area contributed by atoms with Crippen molar-refractivity contribution in [3.8, 4) is 0 Å². The van der Waals surface area contributed by atoms with Crippen LogP contribution in [0.2, 0.25) is 0 Å². The summed E-state index contributed by atoms with van der Waals surface area (Å²) in [6.07, 6.45) is 41.6. The monoisotopic (exact) mass is 526 g/mol. The third-order valence-electron chi connectivity index (χ3n) is 7.22. The molecule has 0 spiro atoms. The van der Waals surface area contributed by atoms with Gasteiger partial charge in [-0.1, -0.05) is 207 Å². The fraction of sp³-hybridized carbons (Fsp3) is 0.943. The third-order valence-corrected chi connectivity index (χ3v) is 7.22. The summed E-state index contributed by atoms with van der Waals surface area (Å²) in [6, 6.07) is 0. The van der Waals surface area contributed by atoms with E-state index in [1.54, 1.807) is 0 Å². The third kappa shape index (κ3) is 52.7. The van der Waals surface area contributed by atoms with Crippen LogP contribution in [-0.4, -0.2) is 11.7 Å². The molecular formula is C35H73O2. The zero-order valence-electron chi connectivity index (χ0n) is 26.4. The van der Waals surface area contributed by atoms with Crippen molar-refractivity contribution >= 4 is 0 Å². The van der Waals surface area contributed by atoms with Gasteiger partial charge in [0.25, 0.3) is 0 Å². The van der Waals surface area contributed by atoms with Gasteiger partial charge in [0.2, 0.25) is 0 Å². The molecule has 1 radical (unpaired) electrons. The second-order valence-electron chi connectivity index (χ2n) is 11.1. The molecule has 0 aliphatic rings. The molecule has 0 saturated carbocycles. The van der Waals surface area contributed by atoms with Crippen LogP contribution in [0.25, 0.3) is 0 Å². The van der Waals surface area contributed by atoms with E-state index in [0.29, 0.717) is 12.9 Å². The fourth-order valence-electron chi connectivity index (χ4n) is 4.75. The zero-order valence-corrected chi connectivity index (χ0v) is 26.4. The molecule has 0 aromatic carbocycles. The Kier molecular flexibility index (Phi) is 50.3. The average Bonchev–Trinajstić information content (AvgIpc) is 2.90. The van der Waals surface area contributed by atoms with Crippen molar-refractivity contribution in [1.82, 2.24) is 0 Å². The summed E-state index contributed by atoms with van der Waals surface area (Å²) in [5, 5.41) is 17.3. The van der Waals surface area contributed by atoms with Crippen molar-refractivity contribution in [3.05, 3.63) is 12.8 Å². The Bertz CT molecular complexity index is 284. The maximum Gasteiger partial charge on any atom is 0.135 e. The molecule has 2 nitrogen and oxygen atoms in total. The first-order valence-corrected chi connectivity index (χ1v) is 17.1. The van der Waals surface area contributed by atoms with Crippen LogP contribution in [-0.2, 0) is 5.11 Å². The summed E-state index contributed by atoms with van der Waals surface area (Å²) in [6.45, 7) is 10.0. The topological polar surface area (TPSA) is 40.1 Å². The summed E-state index contributed by atoms with van der Waals surface area (Å²) < 4.78 is 0. The van der Waals surface area contributed by atoms with Gasteiger partial charge in [-0.05, 0) is 6.42 Å². The smallest absolute Gasteiger partial charge is 0.135 e. The molecule has 0 atom stereocenters. The van der Waals surface area contributed by atoms with Gasteiger partial charge in [-0.15, -0.1) is 0 Å². The first-order chi connectivity index (χ1) is 18.2. The average molecular weight is 526 g/mol. The van der Waals surface area contributed by atoms with Crippen LogP contribution in [0.15, 0.2) is 12.8 Å². The summed E-state index contributed by atoms with van der Waals surface area (Å²) >= 11 is 0. The Morgan fingerprint density at radius 1 is 0.378 bits per heavy atom. The second-order valence-corrected chi connectivity index (χ2v) is 11.1. The minimum atomic E-state index is 0.373. The Morgan fingerprint density at radius 2 is 0.514 bits per heavy atom. The molecule has 0 aromatic rings. The van der Waals surface area contributed by atoms with Gasteiger partial charge >= 0.3 is 0 Å². The van der Waals surface area contributed by atoms with E-state index in [0.717, 1.165) is 6.42 Å². The van der Waals surface area contributed by atoms with Gasteiger partial charge in [0, 0.05) is 6.61 Å². The van der Waals surface area contributed by atoms with Crippen molar-refractivity contribution in [1.29, 1.82) is 0 Å². The van der Waals surface area contributed by atoms with Gasteiger partial charge in [-0.25, -0.2) is 0 Å². The molecular weight excluding hydrogens is 452 g/mol. The lowest BCUT2D eigenvalue weighted by Crippen LogP contribution is -1.84. The van der Waals surface area contributed by atoms with E-state index in [1.807, 2.05) is 0 Å². The van der Waals surface area contributed by atoms with Gasteiger partial charge in [-0.2, -0.15) is 0 Å². The Hall–Kier alpha value is -0.500. The Morgan fingerprint density at radius 3 is 0.649 bits per heavy atom. The molecule has 0 aromatic heterocycles. The summed E-state index contributed by atoms with van der Waals surface area (Å²) in [5.41, 5.74) is 0. The summed E-state index contributed by atoms with van der Waals surface area (Å²) in [4.78, 5) is 0. The van der Waals surface area contributed by atoms with Crippen LogP contribution in [0.1, 0.15) is 207 Å². The number of aliphatic hydroxyl groups is 1. The maximum atomic E-state index is 8.69. The second kappa shape index (κ2) is 45.4. The zero-order chi connectivity index (χ0) is 27.9. The van der Waals surface area contributed by atoms with E-state index in [-0.39, 0.29) is 0 Å². The minimum Gasteiger partial charge on any atom is -0.396 e. The lowest BCUT2D eigenvalue weighted by molar-refractivity contribution is 0.282. The number of rotatable bonds is 28. The highest BCUT2D eigenvalue weighted by Crippen LogP contribution is 2.14. The number of unbranched alkanes of at least 4 members (excludes halogenated alkanes) is 27. The molecule has 225 valence electrons. The highest BCUT2D eigenvalue weighted by atomic mass is 16.3. The molecule has 0 rings (SSSR count). The van der Waals surface area contributed by atoms with Crippen LogP contribution in [0.4, 0.5) is 0 Å². The standard InChI is InChI=1S/C17H36.C16H34O.C2H3O/c1-3-5-7-9-11-13-15-17-16-14-12-10-8-6-4-2;1-2-3-4-5-6-7-8-9-10-11-12-13-14-15-16-17;1-2-3/h3-17H2,1-2H3;17H,2-16H2,1H3;2H,1H2. The molecule has 37 heavy (non-hydrogen) atoms. The summed E-state index contributed by atoms with van der Waals surface area (Å²) in [7, 11) is 0. The molecule has 1 N–H and O–H groups in total. The normalized spacial score (nSPS) is 10.4. The van der Waals surface area contributed by atoms with Crippen molar-refractivity contribution < 1.29 is 10.2 Å². The van der Waals surface area contributed by atoms with E-state index < -0.39 is 0 Å². The first-order valence-electron chi connectivity index (χ1n) is 17.1. The molecule has 0 saturated heterocycles. The van der Waals surface area contributed by atoms with Gasteiger partial charge in [0.1, 0.15) is 6.26 Å². The molecule has 0 amide bonds. The predicted octanol–water partition coefficient (Wildman–Crippen LogP) is 12.9. The largest absolute Gasteiger partial charge is 0.396 e. The van der Waals surface area contributed by atoms with Crippen LogP contribution < -0.4 is 0 Å². The lowest BCUT2D eigenvalue weighted by Gasteiger charge is -2.02. The number of aliphatic hydroxyl groups excluding tert-OH is 1. The van der Waals surface area contributed by atoms with Crippen LogP contribution in [0.3, 0.4) is 0 Å². The van der Waals surface area contributed by atoms with E-state index in [4.69, 9.17) is 10.2 Å². The van der Waals surface area contributed by atoms with Gasteiger partial charge in [0.05, 0.1) is 0 Å². The highest BCUT2D eigenvalue weighted by Gasteiger charge is 1.94. The van der Waals surface area contributed by atoms with Gasteiger partial charge < -0.3 is 5.11 Å². The van der Waals surface area contributed by atoms with Crippen LogP contribution >= 0.6 is 0 Å². The molecule has 0 heterocycles. The number of hydrogen-bond acceptors (Lipinski definition) is 1. The van der Waals surface area contributed by atoms with Crippen LogP contribution in [0, 0.1) is 0 Å². The molecule has 0 unspecified atom stereocenters. The van der Waals surface area contributed by atoms with Crippen LogP contribution in [0.5, 0.6) is 0 Å². The van der Waals surface area contributed by atoms with E-state index in [9.17, 15) is 0 Å². The molecule has 0 aliphatic carbocycles. The van der Waals surface area contributed by atoms with E-state index >= 15 is 0 Å². The van der Waals surface area contributed by atoms with Gasteiger partial charge in [0.15, 0.2) is 0 Å². The van der Waals surface area contributed by atoms with Crippen molar-refractivity contribution in [2.75, 3.05) is 6.61 Å².